The largest absolute Gasteiger partial charge is 0.408 e. The number of nitriles is 1. The molecule has 0 bridgehead atoms. The molecule has 3 nitrogen and oxygen atoms in total. The average molecular weight is 362 g/mol. The molecule has 1 heterocycles. The monoisotopic (exact) mass is 361 g/mol. The van der Waals surface area contributed by atoms with Gasteiger partial charge in [-0.2, -0.15) is 18.4 Å². The molecular formula is C14H8ClF4N3S. The molecule has 0 fully saturated rings. The van der Waals surface area contributed by atoms with Gasteiger partial charge in [0.05, 0.1) is 10.6 Å². The summed E-state index contributed by atoms with van der Waals surface area (Å²) in [5.74, 6) is -0.796. The molecule has 0 spiro atoms. The van der Waals surface area contributed by atoms with E-state index in [1.54, 1.807) is 0 Å². The SMILES string of the molecule is N#Cc1cncc(SNC(c2ccc(F)c(Cl)c2)C(F)(F)F)c1. The number of hydrogen-bond acceptors (Lipinski definition) is 4. The Hall–Kier alpha value is -1.82. The molecule has 120 valence electrons. The molecule has 0 saturated carbocycles. The van der Waals surface area contributed by atoms with Gasteiger partial charge in [-0.3, -0.25) is 4.98 Å². The summed E-state index contributed by atoms with van der Waals surface area (Å²) in [6, 6.07) is 3.99. The van der Waals surface area contributed by atoms with Crippen molar-refractivity contribution in [1.29, 1.82) is 5.26 Å². The van der Waals surface area contributed by atoms with Crippen LogP contribution in [-0.4, -0.2) is 11.2 Å². The molecule has 2 aromatic rings. The summed E-state index contributed by atoms with van der Waals surface area (Å²) in [6.45, 7) is 0. The van der Waals surface area contributed by atoms with Crippen LogP contribution in [0.5, 0.6) is 0 Å². The van der Waals surface area contributed by atoms with Crippen molar-refractivity contribution in [3.05, 3.63) is 58.6 Å². The molecule has 1 aromatic heterocycles. The smallest absolute Gasteiger partial charge is 0.262 e. The molecular weight excluding hydrogens is 354 g/mol. The first kappa shape index (κ1) is 17.5. The van der Waals surface area contributed by atoms with Gasteiger partial charge in [0.25, 0.3) is 0 Å². The van der Waals surface area contributed by atoms with Crippen LogP contribution in [0.1, 0.15) is 17.2 Å². The van der Waals surface area contributed by atoms with Crippen LogP contribution in [0.2, 0.25) is 5.02 Å². The normalized spacial score (nSPS) is 12.7. The van der Waals surface area contributed by atoms with Gasteiger partial charge in [-0.25, -0.2) is 9.11 Å². The number of nitrogens with zero attached hydrogens (tertiary/aromatic N) is 2. The molecule has 0 amide bonds. The van der Waals surface area contributed by atoms with Crippen LogP contribution in [0.4, 0.5) is 17.6 Å². The van der Waals surface area contributed by atoms with Crippen molar-refractivity contribution in [2.24, 2.45) is 0 Å². The maximum atomic E-state index is 13.2. The zero-order chi connectivity index (χ0) is 17.0. The second kappa shape index (κ2) is 7.17. The van der Waals surface area contributed by atoms with Crippen LogP contribution >= 0.6 is 23.5 Å². The highest BCUT2D eigenvalue weighted by Gasteiger charge is 2.41. The van der Waals surface area contributed by atoms with Gasteiger partial charge in [-0.1, -0.05) is 17.7 Å². The van der Waals surface area contributed by atoms with Gasteiger partial charge in [0.2, 0.25) is 0 Å². The summed E-state index contributed by atoms with van der Waals surface area (Å²) in [5, 5.41) is 8.36. The fraction of sp³-hybridized carbons (Fsp3) is 0.143. The number of halogens is 5. The van der Waals surface area contributed by atoms with E-state index < -0.39 is 23.1 Å². The molecule has 0 aliphatic carbocycles. The molecule has 0 saturated heterocycles. The van der Waals surface area contributed by atoms with E-state index in [-0.39, 0.29) is 11.1 Å². The third kappa shape index (κ3) is 4.58. The number of hydrogen-bond donors (Lipinski definition) is 1. The van der Waals surface area contributed by atoms with Gasteiger partial charge in [0.1, 0.15) is 17.9 Å². The Labute approximate surface area is 138 Å². The molecule has 1 unspecified atom stereocenters. The summed E-state index contributed by atoms with van der Waals surface area (Å²) in [6.07, 6.45) is -2.00. The summed E-state index contributed by atoms with van der Waals surface area (Å²) in [5.41, 5.74) is 0.00554. The van der Waals surface area contributed by atoms with Crippen LogP contribution in [0.3, 0.4) is 0 Å². The van der Waals surface area contributed by atoms with Gasteiger partial charge >= 0.3 is 6.18 Å². The van der Waals surface area contributed by atoms with Crippen molar-refractivity contribution in [2.75, 3.05) is 0 Å². The molecule has 23 heavy (non-hydrogen) atoms. The first-order chi connectivity index (χ1) is 10.8. The van der Waals surface area contributed by atoms with E-state index >= 15 is 0 Å². The van der Waals surface area contributed by atoms with Crippen molar-refractivity contribution >= 4 is 23.5 Å². The number of pyridine rings is 1. The number of nitrogens with one attached hydrogen (secondary N) is 1. The van der Waals surface area contributed by atoms with Crippen LogP contribution < -0.4 is 4.72 Å². The van der Waals surface area contributed by atoms with Gasteiger partial charge < -0.3 is 0 Å². The number of aromatic nitrogens is 1. The lowest BCUT2D eigenvalue weighted by Crippen LogP contribution is -2.30. The van der Waals surface area contributed by atoms with Gasteiger partial charge in [-0.05, 0) is 35.7 Å². The van der Waals surface area contributed by atoms with Crippen molar-refractivity contribution in [3.8, 4) is 6.07 Å². The predicted molar refractivity (Wildman–Crippen MR) is 78.2 cm³/mol. The fourth-order valence-corrected chi connectivity index (χ4v) is 2.69. The molecule has 0 radical (unpaired) electrons. The summed E-state index contributed by atoms with van der Waals surface area (Å²) in [7, 11) is 0. The quantitative estimate of drug-likeness (QED) is 0.636. The molecule has 0 aliphatic rings. The summed E-state index contributed by atoms with van der Waals surface area (Å²) < 4.78 is 55.0. The minimum absolute atomic E-state index is 0.221. The Morgan fingerprint density at radius 2 is 2.00 bits per heavy atom. The Morgan fingerprint density at radius 1 is 1.26 bits per heavy atom. The fourth-order valence-electron chi connectivity index (χ4n) is 1.68. The number of rotatable bonds is 4. The van der Waals surface area contributed by atoms with Crippen molar-refractivity contribution in [2.45, 2.75) is 17.1 Å². The highest BCUT2D eigenvalue weighted by molar-refractivity contribution is 7.97. The minimum Gasteiger partial charge on any atom is -0.262 e. The minimum atomic E-state index is -4.62. The molecule has 0 aliphatic heterocycles. The first-order valence-electron chi connectivity index (χ1n) is 6.10. The Kier molecular flexibility index (Phi) is 5.46. The molecule has 1 aromatic carbocycles. The van der Waals surface area contributed by atoms with Crippen LogP contribution in [0, 0.1) is 17.1 Å². The Bertz CT molecular complexity index is 746. The van der Waals surface area contributed by atoms with E-state index in [9.17, 15) is 17.6 Å². The van der Waals surface area contributed by atoms with E-state index in [2.05, 4.69) is 9.71 Å². The predicted octanol–water partition coefficient (Wildman–Crippen LogP) is 4.65. The molecule has 1 atom stereocenters. The van der Waals surface area contributed by atoms with Gasteiger partial charge in [-0.15, -0.1) is 0 Å². The summed E-state index contributed by atoms with van der Waals surface area (Å²) in [4.78, 5) is 4.10. The number of benzene rings is 1. The van der Waals surface area contributed by atoms with E-state index in [0.29, 0.717) is 16.8 Å². The maximum Gasteiger partial charge on any atom is 0.408 e. The summed E-state index contributed by atoms with van der Waals surface area (Å²) >= 11 is 6.21. The van der Waals surface area contributed by atoms with Gasteiger partial charge in [0.15, 0.2) is 0 Å². The molecule has 1 N–H and O–H groups in total. The Morgan fingerprint density at radius 3 is 2.61 bits per heavy atom. The Balaban J connectivity index is 2.22. The first-order valence-corrected chi connectivity index (χ1v) is 7.30. The standard InChI is InChI=1S/C14H8ClF4N3S/c15-11-4-9(1-2-12(11)16)13(14(17,18)19)22-23-10-3-8(5-20)6-21-7-10/h1-4,6-7,13,22H. The van der Waals surface area contributed by atoms with E-state index in [4.69, 9.17) is 16.9 Å². The molecule has 2 rings (SSSR count). The molecule has 9 heteroatoms. The van der Waals surface area contributed by atoms with Crippen molar-refractivity contribution in [3.63, 3.8) is 0 Å². The highest BCUT2D eigenvalue weighted by atomic mass is 35.5. The topological polar surface area (TPSA) is 48.7 Å². The second-order valence-corrected chi connectivity index (χ2v) is 5.71. The average Bonchev–Trinajstić information content (AvgIpc) is 2.50. The maximum absolute atomic E-state index is 13.2. The van der Waals surface area contributed by atoms with E-state index in [1.807, 2.05) is 6.07 Å². The lowest BCUT2D eigenvalue weighted by molar-refractivity contribution is -0.152. The van der Waals surface area contributed by atoms with Crippen LogP contribution in [0.15, 0.2) is 41.6 Å². The van der Waals surface area contributed by atoms with Crippen molar-refractivity contribution < 1.29 is 17.6 Å². The lowest BCUT2D eigenvalue weighted by atomic mass is 10.1. The zero-order valence-electron chi connectivity index (χ0n) is 11.2. The third-order valence-corrected chi connectivity index (χ3v) is 3.84. The van der Waals surface area contributed by atoms with Gasteiger partial charge in [0, 0.05) is 17.3 Å². The van der Waals surface area contributed by atoms with E-state index in [1.165, 1.54) is 18.5 Å². The van der Waals surface area contributed by atoms with E-state index in [0.717, 1.165) is 18.2 Å². The highest BCUT2D eigenvalue weighted by Crippen LogP contribution is 2.36. The zero-order valence-corrected chi connectivity index (χ0v) is 12.8. The van der Waals surface area contributed by atoms with Crippen LogP contribution in [0.25, 0.3) is 0 Å². The lowest BCUT2D eigenvalue weighted by Gasteiger charge is -2.21. The number of alkyl halides is 3. The third-order valence-electron chi connectivity index (χ3n) is 2.74. The second-order valence-electron chi connectivity index (χ2n) is 4.39. The van der Waals surface area contributed by atoms with Crippen LogP contribution in [-0.2, 0) is 0 Å². The van der Waals surface area contributed by atoms with Crippen molar-refractivity contribution in [1.82, 2.24) is 9.71 Å².